The van der Waals surface area contributed by atoms with Crippen molar-refractivity contribution in [1.29, 1.82) is 5.26 Å². The number of nitrogens with zero attached hydrogens (tertiary/aromatic N) is 2. The molecule has 0 saturated heterocycles. The molecule has 1 unspecified atom stereocenters. The molecule has 1 heterocycles. The highest BCUT2D eigenvalue weighted by molar-refractivity contribution is 6.30. The monoisotopic (exact) mass is 493 g/mol. The van der Waals surface area contributed by atoms with Crippen molar-refractivity contribution in [3.63, 3.8) is 0 Å². The lowest BCUT2D eigenvalue weighted by Crippen LogP contribution is -2.44. The Morgan fingerprint density at radius 1 is 1.29 bits per heavy atom. The topological polar surface area (TPSA) is 74.5 Å². The van der Waals surface area contributed by atoms with Gasteiger partial charge in [-0.3, -0.25) is 4.79 Å². The van der Waals surface area contributed by atoms with Crippen LogP contribution in [0.5, 0.6) is 0 Å². The first-order chi connectivity index (χ1) is 15.9. The summed E-state index contributed by atoms with van der Waals surface area (Å²) in [4.78, 5) is 18.0. The molecule has 0 bridgehead atoms. The number of halogens is 5. The number of alkyl halides is 3. The molecule has 1 N–H and O–H groups in total. The van der Waals surface area contributed by atoms with E-state index in [9.17, 15) is 22.4 Å². The second-order valence-corrected chi connectivity index (χ2v) is 9.26. The molecule has 2 aromatic carbocycles. The molecule has 10 heteroatoms. The molecule has 4 rings (SSSR count). The zero-order chi connectivity index (χ0) is 24.8. The van der Waals surface area contributed by atoms with Gasteiger partial charge in [-0.2, -0.15) is 18.4 Å². The lowest BCUT2D eigenvalue weighted by atomic mass is 9.81. The Hall–Kier alpha value is -3.12. The van der Waals surface area contributed by atoms with Crippen LogP contribution >= 0.6 is 11.6 Å². The van der Waals surface area contributed by atoms with Crippen molar-refractivity contribution >= 4 is 23.2 Å². The maximum absolute atomic E-state index is 14.7. The Bertz CT molecular complexity index is 1230. The van der Waals surface area contributed by atoms with Gasteiger partial charge in [0.2, 0.25) is 0 Å². The molecule has 1 fully saturated rings. The molecule has 0 spiro atoms. The van der Waals surface area contributed by atoms with Gasteiger partial charge < -0.3 is 10.2 Å². The number of oxime groups is 1. The number of hydrogen-bond acceptors (Lipinski definition) is 4. The predicted molar refractivity (Wildman–Crippen MR) is 117 cm³/mol. The molecule has 1 atom stereocenters. The van der Waals surface area contributed by atoms with Crippen LogP contribution in [0.3, 0.4) is 0 Å². The van der Waals surface area contributed by atoms with E-state index in [4.69, 9.17) is 21.7 Å². The van der Waals surface area contributed by atoms with Gasteiger partial charge in [-0.25, -0.2) is 4.39 Å². The number of nitrogens with one attached hydrogen (secondary N) is 1. The van der Waals surface area contributed by atoms with E-state index in [2.05, 4.69) is 16.5 Å². The molecule has 34 heavy (non-hydrogen) atoms. The average molecular weight is 494 g/mol. The van der Waals surface area contributed by atoms with Crippen LogP contribution < -0.4 is 5.32 Å². The van der Waals surface area contributed by atoms with Crippen LogP contribution in [0.4, 0.5) is 17.6 Å². The van der Waals surface area contributed by atoms with E-state index in [1.165, 1.54) is 6.92 Å². The number of benzene rings is 2. The summed E-state index contributed by atoms with van der Waals surface area (Å²) in [5, 5.41) is 15.1. The zero-order valence-electron chi connectivity index (χ0n) is 18.3. The van der Waals surface area contributed by atoms with E-state index < -0.39 is 28.2 Å². The van der Waals surface area contributed by atoms with Crippen molar-refractivity contribution in [2.75, 3.05) is 0 Å². The molecule has 1 amide bonds. The number of carbonyl (C=O) groups excluding carboxylic acids is 1. The summed E-state index contributed by atoms with van der Waals surface area (Å²) >= 11 is 5.73. The van der Waals surface area contributed by atoms with Crippen molar-refractivity contribution in [2.45, 2.75) is 50.9 Å². The number of carbonyl (C=O) groups is 1. The highest BCUT2D eigenvalue weighted by Crippen LogP contribution is 2.42. The van der Waals surface area contributed by atoms with Crippen LogP contribution in [0.15, 0.2) is 35.5 Å². The van der Waals surface area contributed by atoms with Crippen molar-refractivity contribution in [3.05, 3.63) is 69.0 Å². The molecular formula is C24H20ClF4N3O2. The molecule has 178 valence electrons. The Balaban J connectivity index is 1.52. The van der Waals surface area contributed by atoms with E-state index in [0.717, 1.165) is 0 Å². The highest BCUT2D eigenvalue weighted by atomic mass is 35.5. The Morgan fingerprint density at radius 3 is 2.62 bits per heavy atom. The fourth-order valence-corrected chi connectivity index (χ4v) is 4.40. The van der Waals surface area contributed by atoms with Gasteiger partial charge in [0, 0.05) is 23.6 Å². The normalized spacial score (nSPS) is 24.0. The zero-order valence-corrected chi connectivity index (χ0v) is 19.0. The van der Waals surface area contributed by atoms with Crippen molar-refractivity contribution in [3.8, 4) is 6.07 Å². The molecule has 1 aliphatic heterocycles. The molecular weight excluding hydrogens is 474 g/mol. The number of amides is 1. The summed E-state index contributed by atoms with van der Waals surface area (Å²) in [5.41, 5.74) is -0.778. The first kappa shape index (κ1) is 24.0. The minimum Gasteiger partial charge on any atom is -0.384 e. The summed E-state index contributed by atoms with van der Waals surface area (Å²) in [7, 11) is 0. The minimum atomic E-state index is -4.70. The third-order valence-corrected chi connectivity index (χ3v) is 6.52. The highest BCUT2D eigenvalue weighted by Gasteiger charge is 2.42. The second-order valence-electron chi connectivity index (χ2n) is 8.85. The van der Waals surface area contributed by atoms with Crippen molar-refractivity contribution in [1.82, 2.24) is 5.32 Å². The summed E-state index contributed by atoms with van der Waals surface area (Å²) in [5.74, 6) is -1.27. The summed E-state index contributed by atoms with van der Waals surface area (Å²) in [6, 6.07) is 8.37. The summed E-state index contributed by atoms with van der Waals surface area (Å²) in [6.07, 6.45) is -3.44. The number of nitriles is 1. The van der Waals surface area contributed by atoms with Crippen LogP contribution in [0.2, 0.25) is 5.02 Å². The molecule has 2 aromatic rings. The van der Waals surface area contributed by atoms with Gasteiger partial charge in [0.25, 0.3) is 5.91 Å². The Morgan fingerprint density at radius 2 is 2.00 bits per heavy atom. The first-order valence-corrected chi connectivity index (χ1v) is 10.9. The molecule has 1 aliphatic carbocycles. The lowest BCUT2D eigenvalue weighted by molar-refractivity contribution is -0.137. The number of aryl methyl sites for hydroxylation is 1. The SMILES string of the molecule is Cc1cc(C2=NOC(C)(c3cc(C(F)(F)F)cc(Cl)c3F)C2)ccc1C(=O)NC1CC(C#N)C1. The van der Waals surface area contributed by atoms with Gasteiger partial charge in [0.1, 0.15) is 5.82 Å². The van der Waals surface area contributed by atoms with Crippen LogP contribution in [-0.4, -0.2) is 17.7 Å². The first-order valence-electron chi connectivity index (χ1n) is 10.5. The van der Waals surface area contributed by atoms with E-state index in [1.807, 2.05) is 0 Å². The summed E-state index contributed by atoms with van der Waals surface area (Å²) < 4.78 is 54.4. The van der Waals surface area contributed by atoms with Crippen molar-refractivity contribution < 1.29 is 27.2 Å². The quantitative estimate of drug-likeness (QED) is 0.541. The molecule has 0 aromatic heterocycles. The van der Waals surface area contributed by atoms with Crippen LogP contribution in [0.1, 0.15) is 58.8 Å². The standard InChI is InChI=1S/C24H20ClF4N3O2/c1-12-5-14(3-4-17(12)22(33)31-16-6-13(7-16)11-30)20-10-23(2,34-32-20)18-8-15(24(27,28)29)9-19(25)21(18)26/h3-5,8-9,13,16H,6-7,10H2,1-2H3,(H,31,33). The summed E-state index contributed by atoms with van der Waals surface area (Å²) in [6.45, 7) is 3.19. The van der Waals surface area contributed by atoms with Crippen LogP contribution in [0, 0.1) is 30.0 Å². The van der Waals surface area contributed by atoms with Crippen molar-refractivity contribution in [2.24, 2.45) is 11.1 Å². The Labute approximate surface area is 198 Å². The van der Waals surface area contributed by atoms with Gasteiger partial charge in [0.05, 0.1) is 28.3 Å². The van der Waals surface area contributed by atoms with Gasteiger partial charge in [-0.1, -0.05) is 22.8 Å². The lowest BCUT2D eigenvalue weighted by Gasteiger charge is -2.31. The molecule has 0 radical (unpaired) electrons. The average Bonchev–Trinajstić information content (AvgIpc) is 3.14. The second kappa shape index (κ2) is 8.58. The van der Waals surface area contributed by atoms with E-state index in [1.54, 1.807) is 25.1 Å². The minimum absolute atomic E-state index is 0.00413. The van der Waals surface area contributed by atoms with Gasteiger partial charge >= 0.3 is 6.18 Å². The number of rotatable bonds is 4. The smallest absolute Gasteiger partial charge is 0.384 e. The van der Waals surface area contributed by atoms with E-state index in [-0.39, 0.29) is 29.9 Å². The van der Waals surface area contributed by atoms with Gasteiger partial charge in [-0.05, 0) is 62.1 Å². The molecule has 1 saturated carbocycles. The fourth-order valence-electron chi connectivity index (χ4n) is 4.18. The fraction of sp³-hybridized carbons (Fsp3) is 0.375. The molecule has 2 aliphatic rings. The Kier molecular flexibility index (Phi) is 6.06. The van der Waals surface area contributed by atoms with Gasteiger partial charge in [-0.15, -0.1) is 0 Å². The van der Waals surface area contributed by atoms with E-state index in [0.29, 0.717) is 47.4 Å². The van der Waals surface area contributed by atoms with Crippen LogP contribution in [-0.2, 0) is 16.6 Å². The third kappa shape index (κ3) is 4.47. The predicted octanol–water partition coefficient (Wildman–Crippen LogP) is 5.88. The third-order valence-electron chi connectivity index (χ3n) is 6.25. The molecule has 5 nitrogen and oxygen atoms in total. The van der Waals surface area contributed by atoms with E-state index >= 15 is 0 Å². The van der Waals surface area contributed by atoms with Gasteiger partial charge in [0.15, 0.2) is 5.60 Å². The number of hydrogen-bond donors (Lipinski definition) is 1. The maximum atomic E-state index is 14.7. The van der Waals surface area contributed by atoms with Crippen LogP contribution in [0.25, 0.3) is 0 Å². The largest absolute Gasteiger partial charge is 0.416 e. The maximum Gasteiger partial charge on any atom is 0.416 e.